The number of piperazine rings is 1. The molecule has 6 heteroatoms. The van der Waals surface area contributed by atoms with Crippen molar-refractivity contribution in [3.05, 3.63) is 60.7 Å². The lowest BCUT2D eigenvalue weighted by molar-refractivity contribution is -0.147. The summed E-state index contributed by atoms with van der Waals surface area (Å²) in [5, 5.41) is 0. The standard InChI is InChI=1S/C24H30N2O4/c1-3-21(29-19-11-7-5-8-12-19)23(27)25-15-17-26(18-16-25)24(28)22(4-2)30-20-13-9-6-10-14-20/h5-14,21-22H,3-4,15-18H2,1-2H3/t21-,22+. The Balaban J connectivity index is 1.53. The zero-order chi connectivity index (χ0) is 21.3. The first kappa shape index (κ1) is 21.7. The van der Waals surface area contributed by atoms with E-state index in [9.17, 15) is 9.59 Å². The second-order valence-electron chi connectivity index (χ2n) is 7.31. The van der Waals surface area contributed by atoms with Crippen LogP contribution in [0.25, 0.3) is 0 Å². The predicted octanol–water partition coefficient (Wildman–Crippen LogP) is 3.37. The summed E-state index contributed by atoms with van der Waals surface area (Å²) in [5.74, 6) is 1.33. The quantitative estimate of drug-likeness (QED) is 0.670. The van der Waals surface area contributed by atoms with Crippen molar-refractivity contribution >= 4 is 11.8 Å². The van der Waals surface area contributed by atoms with Crippen LogP contribution in [0.2, 0.25) is 0 Å². The fraction of sp³-hybridized carbons (Fsp3) is 0.417. The van der Waals surface area contributed by atoms with Crippen molar-refractivity contribution < 1.29 is 19.1 Å². The van der Waals surface area contributed by atoms with Gasteiger partial charge in [-0.25, -0.2) is 0 Å². The maximum Gasteiger partial charge on any atom is 0.263 e. The van der Waals surface area contributed by atoms with Gasteiger partial charge in [0, 0.05) is 26.2 Å². The van der Waals surface area contributed by atoms with Crippen LogP contribution in [0.15, 0.2) is 60.7 Å². The van der Waals surface area contributed by atoms with E-state index in [0.717, 1.165) is 0 Å². The maximum absolute atomic E-state index is 12.9. The average molecular weight is 411 g/mol. The lowest BCUT2D eigenvalue weighted by Crippen LogP contribution is -2.55. The number of amides is 2. The molecule has 0 saturated carbocycles. The molecule has 0 radical (unpaired) electrons. The minimum atomic E-state index is -0.514. The Morgan fingerprint density at radius 3 is 1.33 bits per heavy atom. The highest BCUT2D eigenvalue weighted by atomic mass is 16.5. The summed E-state index contributed by atoms with van der Waals surface area (Å²) in [7, 11) is 0. The van der Waals surface area contributed by atoms with Gasteiger partial charge in [-0.2, -0.15) is 0 Å². The number of carbonyl (C=O) groups is 2. The molecule has 1 aliphatic rings. The predicted molar refractivity (Wildman–Crippen MR) is 115 cm³/mol. The molecular weight excluding hydrogens is 380 g/mol. The minimum Gasteiger partial charge on any atom is -0.481 e. The second kappa shape index (κ2) is 10.7. The minimum absolute atomic E-state index is 0.0268. The molecular formula is C24H30N2O4. The largest absolute Gasteiger partial charge is 0.481 e. The molecule has 0 bridgehead atoms. The number of benzene rings is 2. The van der Waals surface area contributed by atoms with E-state index in [4.69, 9.17) is 9.47 Å². The summed E-state index contributed by atoms with van der Waals surface area (Å²) >= 11 is 0. The van der Waals surface area contributed by atoms with Gasteiger partial charge in [0.2, 0.25) is 0 Å². The fourth-order valence-electron chi connectivity index (χ4n) is 3.50. The number of ether oxygens (including phenoxy) is 2. The summed E-state index contributed by atoms with van der Waals surface area (Å²) in [6, 6.07) is 18.8. The van der Waals surface area contributed by atoms with Gasteiger partial charge in [-0.05, 0) is 37.1 Å². The van der Waals surface area contributed by atoms with Crippen molar-refractivity contribution in [2.45, 2.75) is 38.9 Å². The first-order valence-corrected chi connectivity index (χ1v) is 10.6. The van der Waals surface area contributed by atoms with Crippen molar-refractivity contribution in [2.75, 3.05) is 26.2 Å². The lowest BCUT2D eigenvalue weighted by atomic mass is 10.2. The molecule has 2 aromatic rings. The van der Waals surface area contributed by atoms with Crippen molar-refractivity contribution in [2.24, 2.45) is 0 Å². The summed E-state index contributed by atoms with van der Waals surface area (Å²) in [6.45, 7) is 5.89. The molecule has 0 aromatic heterocycles. The topological polar surface area (TPSA) is 59.1 Å². The molecule has 0 unspecified atom stereocenters. The molecule has 1 heterocycles. The molecule has 1 fully saturated rings. The highest BCUT2D eigenvalue weighted by Gasteiger charge is 2.32. The van der Waals surface area contributed by atoms with Crippen molar-refractivity contribution in [1.82, 2.24) is 9.80 Å². The number of hydrogen-bond acceptors (Lipinski definition) is 4. The third kappa shape index (κ3) is 5.53. The Kier molecular flexibility index (Phi) is 7.71. The van der Waals surface area contributed by atoms with Crippen LogP contribution in [0.4, 0.5) is 0 Å². The molecule has 160 valence electrons. The summed E-state index contributed by atoms with van der Waals surface area (Å²) in [6.07, 6.45) is 0.157. The SMILES string of the molecule is CC[C@H](Oc1ccccc1)C(=O)N1CCN(C(=O)[C@@H](CC)Oc2ccccc2)CC1. The normalized spacial score (nSPS) is 15.9. The smallest absolute Gasteiger partial charge is 0.263 e. The molecule has 1 saturated heterocycles. The first-order valence-electron chi connectivity index (χ1n) is 10.6. The molecule has 1 aliphatic heterocycles. The van der Waals surface area contributed by atoms with Gasteiger partial charge >= 0.3 is 0 Å². The van der Waals surface area contributed by atoms with E-state index in [2.05, 4.69) is 0 Å². The van der Waals surface area contributed by atoms with Crippen LogP contribution >= 0.6 is 0 Å². The van der Waals surface area contributed by atoms with Gasteiger partial charge in [-0.3, -0.25) is 9.59 Å². The summed E-state index contributed by atoms with van der Waals surface area (Å²) in [4.78, 5) is 29.4. The molecule has 2 aromatic carbocycles. The average Bonchev–Trinajstić information content (AvgIpc) is 2.81. The van der Waals surface area contributed by atoms with Gasteiger partial charge in [-0.1, -0.05) is 50.2 Å². The van der Waals surface area contributed by atoms with Crippen LogP contribution < -0.4 is 9.47 Å². The monoisotopic (exact) mass is 410 g/mol. The van der Waals surface area contributed by atoms with E-state index >= 15 is 0 Å². The van der Waals surface area contributed by atoms with Gasteiger partial charge in [0.25, 0.3) is 11.8 Å². The molecule has 0 spiro atoms. The third-order valence-electron chi connectivity index (χ3n) is 5.24. The Bertz CT molecular complexity index is 735. The van der Waals surface area contributed by atoms with E-state index in [1.54, 1.807) is 9.80 Å². The molecule has 2 amide bonds. The van der Waals surface area contributed by atoms with Gasteiger partial charge in [-0.15, -0.1) is 0 Å². The number of hydrogen-bond donors (Lipinski definition) is 0. The fourth-order valence-corrected chi connectivity index (χ4v) is 3.50. The number of nitrogens with zero attached hydrogens (tertiary/aromatic N) is 2. The second-order valence-corrected chi connectivity index (χ2v) is 7.31. The van der Waals surface area contributed by atoms with Crippen LogP contribution in [0.5, 0.6) is 11.5 Å². The van der Waals surface area contributed by atoms with Gasteiger partial charge in [0.1, 0.15) is 11.5 Å². The zero-order valence-electron chi connectivity index (χ0n) is 17.7. The van der Waals surface area contributed by atoms with Crippen LogP contribution in [-0.4, -0.2) is 60.0 Å². The number of carbonyl (C=O) groups excluding carboxylic acids is 2. The lowest BCUT2D eigenvalue weighted by Gasteiger charge is -2.37. The number of para-hydroxylation sites is 2. The zero-order valence-corrected chi connectivity index (χ0v) is 17.7. The summed E-state index contributed by atoms with van der Waals surface area (Å²) < 4.78 is 11.8. The highest BCUT2D eigenvalue weighted by molar-refractivity contribution is 5.83. The van der Waals surface area contributed by atoms with Gasteiger partial charge < -0.3 is 19.3 Å². The van der Waals surface area contributed by atoms with E-state index in [1.807, 2.05) is 74.5 Å². The van der Waals surface area contributed by atoms with Crippen molar-refractivity contribution in [1.29, 1.82) is 0 Å². The van der Waals surface area contributed by atoms with E-state index in [1.165, 1.54) is 0 Å². The van der Waals surface area contributed by atoms with Gasteiger partial charge in [0.15, 0.2) is 12.2 Å². The van der Waals surface area contributed by atoms with E-state index in [0.29, 0.717) is 50.5 Å². The Morgan fingerprint density at radius 2 is 1.03 bits per heavy atom. The maximum atomic E-state index is 12.9. The highest BCUT2D eigenvalue weighted by Crippen LogP contribution is 2.17. The van der Waals surface area contributed by atoms with Crippen molar-refractivity contribution in [3.8, 4) is 11.5 Å². The molecule has 0 aliphatic carbocycles. The molecule has 6 nitrogen and oxygen atoms in total. The third-order valence-corrected chi connectivity index (χ3v) is 5.24. The van der Waals surface area contributed by atoms with Crippen LogP contribution in [0.3, 0.4) is 0 Å². The van der Waals surface area contributed by atoms with E-state index in [-0.39, 0.29) is 11.8 Å². The van der Waals surface area contributed by atoms with E-state index < -0.39 is 12.2 Å². The van der Waals surface area contributed by atoms with Crippen LogP contribution in [0, 0.1) is 0 Å². The molecule has 0 N–H and O–H groups in total. The van der Waals surface area contributed by atoms with Crippen LogP contribution in [-0.2, 0) is 9.59 Å². The summed E-state index contributed by atoms with van der Waals surface area (Å²) in [5.41, 5.74) is 0. The Hall–Kier alpha value is -3.02. The molecule has 2 atom stereocenters. The number of rotatable bonds is 8. The molecule has 3 rings (SSSR count). The first-order chi connectivity index (χ1) is 14.6. The van der Waals surface area contributed by atoms with Gasteiger partial charge in [0.05, 0.1) is 0 Å². The van der Waals surface area contributed by atoms with Crippen molar-refractivity contribution in [3.63, 3.8) is 0 Å². The Labute approximate surface area is 178 Å². The van der Waals surface area contributed by atoms with Crippen LogP contribution in [0.1, 0.15) is 26.7 Å². The molecule has 30 heavy (non-hydrogen) atoms. The Morgan fingerprint density at radius 1 is 0.700 bits per heavy atom.